The Morgan fingerprint density at radius 3 is 2.33 bits per heavy atom. The highest BCUT2D eigenvalue weighted by Crippen LogP contribution is 2.29. The number of nitrogens with one attached hydrogen (secondary N) is 1. The molecule has 3 aromatic carbocycles. The molecule has 0 aliphatic heterocycles. The molecule has 9 heteroatoms. The summed E-state index contributed by atoms with van der Waals surface area (Å²) in [5, 5.41) is 3.90. The van der Waals surface area contributed by atoms with Crippen LogP contribution in [0, 0.1) is 0 Å². The van der Waals surface area contributed by atoms with E-state index in [1.165, 1.54) is 10.4 Å². The van der Waals surface area contributed by atoms with Gasteiger partial charge in [0.05, 0.1) is 34.5 Å². The van der Waals surface area contributed by atoms with Gasteiger partial charge < -0.3 is 15.0 Å². The van der Waals surface area contributed by atoms with Crippen LogP contribution in [0.3, 0.4) is 0 Å². The van der Waals surface area contributed by atoms with E-state index in [4.69, 9.17) is 4.74 Å². The van der Waals surface area contributed by atoms with Crippen LogP contribution < -0.4 is 15.0 Å². The maximum absolute atomic E-state index is 13.7. The predicted octanol–water partition coefficient (Wildman–Crippen LogP) is 5.94. The Hall–Kier alpha value is -3.95. The van der Waals surface area contributed by atoms with Gasteiger partial charge >= 0.3 is 0 Å². The van der Waals surface area contributed by atoms with Crippen molar-refractivity contribution in [2.75, 3.05) is 37.5 Å². The molecule has 0 spiro atoms. The number of anilines is 2. The van der Waals surface area contributed by atoms with Crippen molar-refractivity contribution < 1.29 is 17.9 Å². The second kappa shape index (κ2) is 12.9. The van der Waals surface area contributed by atoms with Crippen LogP contribution in [0.15, 0.2) is 83.9 Å². The van der Waals surface area contributed by atoms with Crippen molar-refractivity contribution in [1.29, 1.82) is 0 Å². The summed E-state index contributed by atoms with van der Waals surface area (Å²) in [5.74, 6) is 0.396. The fraction of sp³-hybridized carbons (Fsp3) is 0.290. The average Bonchev–Trinajstić information content (AvgIpc) is 2.97. The third-order valence-electron chi connectivity index (χ3n) is 6.67. The number of rotatable bonds is 12. The summed E-state index contributed by atoms with van der Waals surface area (Å²) in [6, 6.07) is 21.7. The molecule has 210 valence electrons. The minimum Gasteiger partial charge on any atom is -0.497 e. The largest absolute Gasteiger partial charge is 0.497 e. The van der Waals surface area contributed by atoms with Gasteiger partial charge in [-0.1, -0.05) is 44.2 Å². The van der Waals surface area contributed by atoms with E-state index in [1.807, 2.05) is 74.3 Å². The molecule has 0 saturated heterocycles. The van der Waals surface area contributed by atoms with Gasteiger partial charge in [-0.05, 0) is 60.9 Å². The van der Waals surface area contributed by atoms with Gasteiger partial charge in [-0.2, -0.15) is 4.31 Å². The molecule has 0 saturated carbocycles. The Bertz CT molecular complexity index is 1560. The van der Waals surface area contributed by atoms with Gasteiger partial charge in [0.1, 0.15) is 5.75 Å². The lowest BCUT2D eigenvalue weighted by atomic mass is 10.1. The number of hydrogen-bond donors (Lipinski definition) is 1. The van der Waals surface area contributed by atoms with E-state index in [0.29, 0.717) is 54.9 Å². The van der Waals surface area contributed by atoms with Crippen LogP contribution in [0.1, 0.15) is 42.6 Å². The van der Waals surface area contributed by atoms with Gasteiger partial charge in [-0.25, -0.2) is 8.42 Å². The molecule has 1 heterocycles. The number of pyridine rings is 1. The summed E-state index contributed by atoms with van der Waals surface area (Å²) < 4.78 is 34.0. The number of aromatic nitrogens is 1. The normalized spacial score (nSPS) is 11.5. The molecule has 1 aromatic heterocycles. The smallest absolute Gasteiger partial charge is 0.257 e. The summed E-state index contributed by atoms with van der Waals surface area (Å²) >= 11 is 0. The Morgan fingerprint density at radius 1 is 0.950 bits per heavy atom. The fourth-order valence-electron chi connectivity index (χ4n) is 4.66. The van der Waals surface area contributed by atoms with E-state index < -0.39 is 10.0 Å². The standard InChI is InChI=1S/C31H36N4O4S/c1-5-19-35(20-6-2)40(37,38)26-16-17-27(29(21-26)34(3)22-23-12-14-25(39-4)15-13-23)31(36)33-28-11-7-9-24-10-8-18-32-30(24)28/h7-18,21H,5-6,19-20,22H2,1-4H3,(H,33,36). The molecule has 8 nitrogen and oxygen atoms in total. The van der Waals surface area contributed by atoms with Gasteiger partial charge in [-0.3, -0.25) is 9.78 Å². The summed E-state index contributed by atoms with van der Waals surface area (Å²) in [4.78, 5) is 20.2. The van der Waals surface area contributed by atoms with Gasteiger partial charge in [0.2, 0.25) is 10.0 Å². The van der Waals surface area contributed by atoms with Gasteiger partial charge in [-0.15, -0.1) is 0 Å². The first kappa shape index (κ1) is 29.0. The lowest BCUT2D eigenvalue weighted by molar-refractivity contribution is 0.102. The molecule has 4 aromatic rings. The second-order valence-corrected chi connectivity index (χ2v) is 11.6. The van der Waals surface area contributed by atoms with E-state index in [-0.39, 0.29) is 10.8 Å². The zero-order valence-corrected chi connectivity index (χ0v) is 24.2. The Balaban J connectivity index is 1.74. The van der Waals surface area contributed by atoms with Gasteiger partial charge in [0.15, 0.2) is 0 Å². The molecular weight excluding hydrogens is 524 g/mol. The third kappa shape index (κ3) is 6.43. The highest BCUT2D eigenvalue weighted by molar-refractivity contribution is 7.89. The zero-order valence-electron chi connectivity index (χ0n) is 23.4. The lowest BCUT2D eigenvalue weighted by Crippen LogP contribution is -2.33. The van der Waals surface area contributed by atoms with Crippen LogP contribution in [0.5, 0.6) is 5.75 Å². The maximum atomic E-state index is 13.7. The van der Waals surface area contributed by atoms with Crippen LogP contribution in [-0.4, -0.2) is 50.9 Å². The van der Waals surface area contributed by atoms with Crippen LogP contribution in [0.25, 0.3) is 10.9 Å². The third-order valence-corrected chi connectivity index (χ3v) is 8.56. The highest BCUT2D eigenvalue weighted by Gasteiger charge is 2.26. The molecule has 0 radical (unpaired) electrons. The molecule has 1 amide bonds. The number of ether oxygens (including phenoxy) is 1. The van der Waals surface area contributed by atoms with Crippen molar-refractivity contribution in [3.8, 4) is 5.75 Å². The topological polar surface area (TPSA) is 91.8 Å². The number of amides is 1. The molecule has 4 rings (SSSR count). The van der Waals surface area contributed by atoms with Crippen molar-refractivity contribution >= 4 is 38.2 Å². The van der Waals surface area contributed by atoms with E-state index >= 15 is 0 Å². The minimum absolute atomic E-state index is 0.161. The summed E-state index contributed by atoms with van der Waals surface area (Å²) in [7, 11) is -0.281. The molecule has 0 bridgehead atoms. The van der Waals surface area contributed by atoms with E-state index in [1.54, 1.807) is 31.5 Å². The summed E-state index contributed by atoms with van der Waals surface area (Å²) in [6.45, 7) is 5.24. The molecular formula is C31H36N4O4S. The summed E-state index contributed by atoms with van der Waals surface area (Å²) in [6.07, 6.45) is 3.11. The van der Waals surface area contributed by atoms with Crippen LogP contribution in [0.4, 0.5) is 11.4 Å². The molecule has 40 heavy (non-hydrogen) atoms. The number of hydrogen-bond acceptors (Lipinski definition) is 6. The fourth-order valence-corrected chi connectivity index (χ4v) is 6.31. The molecule has 0 unspecified atom stereocenters. The number of sulfonamides is 1. The first-order chi connectivity index (χ1) is 19.3. The molecule has 1 N–H and O–H groups in total. The molecule has 0 aliphatic rings. The van der Waals surface area contributed by atoms with Crippen molar-refractivity contribution in [2.45, 2.75) is 38.1 Å². The lowest BCUT2D eigenvalue weighted by Gasteiger charge is -2.25. The zero-order chi connectivity index (χ0) is 28.7. The Kier molecular flexibility index (Phi) is 9.39. The first-order valence-corrected chi connectivity index (χ1v) is 14.9. The van der Waals surface area contributed by atoms with E-state index in [9.17, 15) is 13.2 Å². The number of methoxy groups -OCH3 is 1. The highest BCUT2D eigenvalue weighted by atomic mass is 32.2. The van der Waals surface area contributed by atoms with Crippen molar-refractivity contribution in [3.05, 3.63) is 90.1 Å². The quantitative estimate of drug-likeness (QED) is 0.231. The minimum atomic E-state index is -3.74. The molecule has 0 aliphatic carbocycles. The average molecular weight is 561 g/mol. The Morgan fingerprint density at radius 2 is 1.65 bits per heavy atom. The Labute approximate surface area is 236 Å². The predicted molar refractivity (Wildman–Crippen MR) is 161 cm³/mol. The van der Waals surface area contributed by atoms with Crippen LogP contribution in [0.2, 0.25) is 0 Å². The van der Waals surface area contributed by atoms with Crippen molar-refractivity contribution in [2.24, 2.45) is 0 Å². The molecule has 0 fully saturated rings. The number of nitrogens with zero attached hydrogens (tertiary/aromatic N) is 3. The van der Waals surface area contributed by atoms with Crippen LogP contribution in [-0.2, 0) is 16.6 Å². The van der Waals surface area contributed by atoms with E-state index in [0.717, 1.165) is 16.7 Å². The van der Waals surface area contributed by atoms with Gasteiger partial charge in [0.25, 0.3) is 5.91 Å². The first-order valence-electron chi connectivity index (χ1n) is 13.4. The SMILES string of the molecule is CCCN(CCC)S(=O)(=O)c1ccc(C(=O)Nc2cccc3cccnc23)c(N(C)Cc2ccc(OC)cc2)c1. The number of para-hydroxylation sites is 1. The van der Waals surface area contributed by atoms with Crippen LogP contribution >= 0.6 is 0 Å². The number of fused-ring (bicyclic) bond motifs is 1. The monoisotopic (exact) mass is 560 g/mol. The molecule has 0 atom stereocenters. The number of carbonyl (C=O) groups excluding carboxylic acids is 1. The number of carbonyl (C=O) groups is 1. The maximum Gasteiger partial charge on any atom is 0.257 e. The van der Waals surface area contributed by atoms with Crippen molar-refractivity contribution in [1.82, 2.24) is 9.29 Å². The number of benzene rings is 3. The van der Waals surface area contributed by atoms with Gasteiger partial charge in [0, 0.05) is 38.3 Å². The van der Waals surface area contributed by atoms with Crippen molar-refractivity contribution in [3.63, 3.8) is 0 Å². The second-order valence-electron chi connectivity index (χ2n) is 9.62. The summed E-state index contributed by atoms with van der Waals surface area (Å²) in [5.41, 5.74) is 3.12. The van der Waals surface area contributed by atoms with E-state index in [2.05, 4.69) is 10.3 Å².